The van der Waals surface area contributed by atoms with Crippen molar-refractivity contribution in [2.24, 2.45) is 10.3 Å². The molecule has 116 valence electrons. The fourth-order valence-electron chi connectivity index (χ4n) is 2.23. The summed E-state index contributed by atoms with van der Waals surface area (Å²) in [5.74, 6) is -0.224. The van der Waals surface area contributed by atoms with Gasteiger partial charge in [-0.15, -0.1) is 4.36 Å². The molecular weight excluding hydrogens is 314 g/mol. The maximum Gasteiger partial charge on any atom is 0.214 e. The Morgan fingerprint density at radius 2 is 2.05 bits per heavy atom. The second-order valence-corrected chi connectivity index (χ2v) is 7.36. The third-order valence-corrected chi connectivity index (χ3v) is 5.23. The Morgan fingerprint density at radius 1 is 1.43 bits per heavy atom. The van der Waals surface area contributed by atoms with Gasteiger partial charge in [0.15, 0.2) is 0 Å². The molecule has 2 atom stereocenters. The van der Waals surface area contributed by atoms with Gasteiger partial charge in [0.2, 0.25) is 6.19 Å². The number of hydrogen-bond donors (Lipinski definition) is 0. The molecule has 8 heteroatoms. The number of halogens is 1. The zero-order valence-corrected chi connectivity index (χ0v) is 13.7. The van der Waals surface area contributed by atoms with E-state index in [1.807, 2.05) is 0 Å². The van der Waals surface area contributed by atoms with Crippen LogP contribution in [0, 0.1) is 17.4 Å². The molecule has 0 spiro atoms. The molecule has 2 unspecified atom stereocenters. The van der Waals surface area contributed by atoms with Crippen LogP contribution >= 0.6 is 11.6 Å². The molecule has 1 aromatic rings. The van der Waals surface area contributed by atoms with E-state index < -0.39 is 15.0 Å². The molecule has 0 aliphatic carbocycles. The highest BCUT2D eigenvalue weighted by atomic mass is 35.5. The summed E-state index contributed by atoms with van der Waals surface area (Å²) in [6, 6.07) is 3.34. The van der Waals surface area contributed by atoms with Gasteiger partial charge in [0.25, 0.3) is 0 Å². The molecule has 0 radical (unpaired) electrons. The second-order valence-electron chi connectivity index (χ2n) is 4.56. The summed E-state index contributed by atoms with van der Waals surface area (Å²) in [5, 5.41) is 8.59. The van der Waals surface area contributed by atoms with Gasteiger partial charge in [-0.1, -0.05) is 17.7 Å². The SMILES string of the molecule is COCC(COC)C(c1ccc(Cl)nc1)S(C)(=O)=NC#N. The average molecular weight is 332 g/mol. The van der Waals surface area contributed by atoms with Crippen molar-refractivity contribution in [3.8, 4) is 6.19 Å². The van der Waals surface area contributed by atoms with Crippen LogP contribution in [0.5, 0.6) is 0 Å². The maximum absolute atomic E-state index is 12.8. The quantitative estimate of drug-likeness (QED) is 0.565. The van der Waals surface area contributed by atoms with E-state index in [4.69, 9.17) is 26.3 Å². The van der Waals surface area contributed by atoms with Crippen molar-refractivity contribution >= 4 is 21.3 Å². The number of rotatable bonds is 7. The number of aromatic nitrogens is 1. The molecule has 0 bridgehead atoms. The second kappa shape index (κ2) is 8.29. The van der Waals surface area contributed by atoms with Gasteiger partial charge >= 0.3 is 0 Å². The molecule has 0 aliphatic heterocycles. The minimum absolute atomic E-state index is 0.224. The first kappa shape index (κ1) is 17.9. The average Bonchev–Trinajstić information content (AvgIpc) is 2.41. The number of hydrogen-bond acceptors (Lipinski definition) is 6. The Balaban J connectivity index is 3.35. The molecule has 0 amide bonds. The summed E-state index contributed by atoms with van der Waals surface area (Å²) < 4.78 is 26.8. The minimum atomic E-state index is -2.81. The van der Waals surface area contributed by atoms with Gasteiger partial charge < -0.3 is 9.47 Å². The van der Waals surface area contributed by atoms with Crippen molar-refractivity contribution in [3.63, 3.8) is 0 Å². The molecule has 1 heterocycles. The lowest BCUT2D eigenvalue weighted by Crippen LogP contribution is -2.28. The Kier molecular flexibility index (Phi) is 7.05. The molecule has 0 saturated heterocycles. The number of pyridine rings is 1. The topological polar surface area (TPSA) is 84.6 Å². The van der Waals surface area contributed by atoms with Crippen LogP contribution in [0.3, 0.4) is 0 Å². The fourth-order valence-corrected chi connectivity index (χ4v) is 4.13. The Bertz CT molecular complexity index is 600. The van der Waals surface area contributed by atoms with Crippen LogP contribution in [0.15, 0.2) is 22.7 Å². The highest BCUT2D eigenvalue weighted by molar-refractivity contribution is 7.93. The van der Waals surface area contributed by atoms with Crippen LogP contribution in [0.1, 0.15) is 10.8 Å². The van der Waals surface area contributed by atoms with Crippen molar-refractivity contribution in [2.45, 2.75) is 5.25 Å². The van der Waals surface area contributed by atoms with E-state index in [-0.39, 0.29) is 5.92 Å². The first-order valence-corrected chi connectivity index (χ1v) is 8.51. The molecule has 21 heavy (non-hydrogen) atoms. The maximum atomic E-state index is 12.8. The van der Waals surface area contributed by atoms with E-state index >= 15 is 0 Å². The summed E-state index contributed by atoms with van der Waals surface area (Å²) in [6.45, 7) is 0.653. The van der Waals surface area contributed by atoms with Gasteiger partial charge in [0, 0.05) is 32.6 Å². The molecule has 1 rings (SSSR count). The summed E-state index contributed by atoms with van der Waals surface area (Å²) in [4.78, 5) is 4.01. The van der Waals surface area contributed by atoms with Crippen molar-refractivity contribution < 1.29 is 13.7 Å². The highest BCUT2D eigenvalue weighted by Gasteiger charge is 2.31. The molecule has 0 fully saturated rings. The summed E-state index contributed by atoms with van der Waals surface area (Å²) in [7, 11) is 0.297. The molecular formula is C13H18ClN3O3S. The standard InChI is InChI=1S/C13H18ClN3O3S/c1-19-7-11(8-20-2)13(21(3,18)17-9-15)10-4-5-12(14)16-6-10/h4-6,11,13H,7-8H2,1-3H3. The first-order chi connectivity index (χ1) is 9.96. The van der Waals surface area contributed by atoms with E-state index in [0.717, 1.165) is 0 Å². The summed E-state index contributed by atoms with van der Waals surface area (Å²) >= 11 is 5.79. The molecule has 0 aliphatic rings. The van der Waals surface area contributed by atoms with E-state index in [9.17, 15) is 4.21 Å². The van der Waals surface area contributed by atoms with Crippen LogP contribution < -0.4 is 0 Å². The summed E-state index contributed by atoms with van der Waals surface area (Å²) in [6.07, 6.45) is 4.63. The van der Waals surface area contributed by atoms with Gasteiger partial charge in [-0.05, 0) is 11.6 Å². The van der Waals surface area contributed by atoms with E-state index in [1.54, 1.807) is 38.7 Å². The number of nitriles is 1. The van der Waals surface area contributed by atoms with Crippen molar-refractivity contribution in [1.29, 1.82) is 5.26 Å². The van der Waals surface area contributed by atoms with E-state index in [0.29, 0.717) is 23.9 Å². The van der Waals surface area contributed by atoms with Crippen LogP contribution in [0.2, 0.25) is 5.15 Å². The predicted molar refractivity (Wildman–Crippen MR) is 81.3 cm³/mol. The van der Waals surface area contributed by atoms with E-state index in [1.165, 1.54) is 6.26 Å². The lowest BCUT2D eigenvalue weighted by atomic mass is 10.0. The third-order valence-electron chi connectivity index (χ3n) is 2.96. The monoisotopic (exact) mass is 331 g/mol. The molecule has 6 nitrogen and oxygen atoms in total. The molecule has 0 saturated carbocycles. The van der Waals surface area contributed by atoms with E-state index in [2.05, 4.69) is 9.35 Å². The molecule has 1 aromatic heterocycles. The van der Waals surface area contributed by atoms with Gasteiger partial charge in [0.1, 0.15) is 5.15 Å². The normalized spacial score (nSPS) is 15.2. The van der Waals surface area contributed by atoms with Crippen LogP contribution in [-0.2, 0) is 19.2 Å². The summed E-state index contributed by atoms with van der Waals surface area (Å²) in [5.41, 5.74) is 0.685. The number of nitrogens with zero attached hydrogens (tertiary/aromatic N) is 3. The Morgan fingerprint density at radius 3 is 2.48 bits per heavy atom. The van der Waals surface area contributed by atoms with Crippen LogP contribution in [0.25, 0.3) is 0 Å². The van der Waals surface area contributed by atoms with Gasteiger partial charge in [-0.25, -0.2) is 9.19 Å². The van der Waals surface area contributed by atoms with Crippen molar-refractivity contribution in [3.05, 3.63) is 29.0 Å². The zero-order chi connectivity index (χ0) is 15.9. The Hall–Kier alpha value is -1.20. The third kappa shape index (κ3) is 4.93. The zero-order valence-electron chi connectivity index (χ0n) is 12.2. The van der Waals surface area contributed by atoms with Crippen LogP contribution in [-0.4, -0.2) is 42.9 Å². The lowest BCUT2D eigenvalue weighted by Gasteiger charge is -2.26. The van der Waals surface area contributed by atoms with Gasteiger partial charge in [-0.3, -0.25) is 0 Å². The van der Waals surface area contributed by atoms with Crippen molar-refractivity contribution in [1.82, 2.24) is 4.98 Å². The van der Waals surface area contributed by atoms with Gasteiger partial charge in [-0.2, -0.15) is 5.26 Å². The lowest BCUT2D eigenvalue weighted by molar-refractivity contribution is 0.0826. The number of ether oxygens (including phenoxy) is 2. The van der Waals surface area contributed by atoms with Crippen molar-refractivity contribution in [2.75, 3.05) is 33.7 Å². The fraction of sp³-hybridized carbons (Fsp3) is 0.538. The van der Waals surface area contributed by atoms with Crippen LogP contribution in [0.4, 0.5) is 0 Å². The van der Waals surface area contributed by atoms with Gasteiger partial charge in [0.05, 0.1) is 28.2 Å². The highest BCUT2D eigenvalue weighted by Crippen LogP contribution is 2.32. The minimum Gasteiger partial charge on any atom is -0.384 e. The molecule has 0 N–H and O–H groups in total. The smallest absolute Gasteiger partial charge is 0.214 e. The number of methoxy groups -OCH3 is 2. The largest absolute Gasteiger partial charge is 0.384 e. The first-order valence-electron chi connectivity index (χ1n) is 6.14. The molecule has 0 aromatic carbocycles. The Labute approximate surface area is 130 Å². The predicted octanol–water partition coefficient (Wildman–Crippen LogP) is 2.26.